The van der Waals surface area contributed by atoms with Crippen molar-refractivity contribution in [3.8, 4) is 0 Å². The molecule has 0 bridgehead atoms. The second-order valence-corrected chi connectivity index (χ2v) is 6.33. The highest BCUT2D eigenvalue weighted by atomic mass is 35.5. The maximum absolute atomic E-state index is 12.5. The second-order valence-electron chi connectivity index (χ2n) is 5.89. The Bertz CT molecular complexity index is 618. The lowest BCUT2D eigenvalue weighted by Gasteiger charge is -2.17. The number of carbonyl (C=O) groups is 3. The van der Waals surface area contributed by atoms with Crippen LogP contribution in [-0.2, 0) is 9.59 Å². The molecular formula is C17H21ClN2O4. The number of unbranched alkanes of at least 4 members (excludes halogenated alkanes) is 2. The average molecular weight is 353 g/mol. The monoisotopic (exact) mass is 352 g/mol. The maximum atomic E-state index is 12.5. The van der Waals surface area contributed by atoms with Gasteiger partial charge in [0.2, 0.25) is 5.91 Å². The smallest absolute Gasteiger partial charge is 0.310 e. The Morgan fingerprint density at radius 2 is 1.96 bits per heavy atom. The molecule has 1 aromatic rings. The molecule has 24 heavy (non-hydrogen) atoms. The topological polar surface area (TPSA) is 86.7 Å². The molecule has 1 aliphatic rings. The van der Waals surface area contributed by atoms with Gasteiger partial charge in [0, 0.05) is 23.7 Å². The van der Waals surface area contributed by atoms with Crippen LogP contribution in [0.5, 0.6) is 0 Å². The number of amides is 2. The molecule has 1 aliphatic heterocycles. The first-order valence-corrected chi connectivity index (χ1v) is 8.40. The number of carboxylic acids is 1. The lowest BCUT2D eigenvalue weighted by atomic mass is 10.0. The average Bonchev–Trinajstić information content (AvgIpc) is 2.85. The van der Waals surface area contributed by atoms with Crippen molar-refractivity contribution in [2.75, 3.05) is 13.1 Å². The van der Waals surface area contributed by atoms with Crippen LogP contribution in [0.3, 0.4) is 0 Å². The Hall–Kier alpha value is -2.08. The van der Waals surface area contributed by atoms with Crippen molar-refractivity contribution in [2.24, 2.45) is 5.92 Å². The molecule has 1 aromatic carbocycles. The van der Waals surface area contributed by atoms with Gasteiger partial charge >= 0.3 is 5.97 Å². The third-order valence-electron chi connectivity index (χ3n) is 4.14. The summed E-state index contributed by atoms with van der Waals surface area (Å²) in [6.45, 7) is 2.70. The summed E-state index contributed by atoms with van der Waals surface area (Å²) in [4.78, 5) is 37.7. The van der Waals surface area contributed by atoms with E-state index in [0.29, 0.717) is 17.1 Å². The molecule has 2 N–H and O–H groups in total. The summed E-state index contributed by atoms with van der Waals surface area (Å²) >= 11 is 5.78. The number of hydrogen-bond donors (Lipinski definition) is 2. The molecule has 2 atom stereocenters. The first-order valence-electron chi connectivity index (χ1n) is 8.02. The fourth-order valence-electron chi connectivity index (χ4n) is 2.76. The van der Waals surface area contributed by atoms with Crippen LogP contribution in [0, 0.1) is 5.92 Å². The van der Waals surface area contributed by atoms with E-state index >= 15 is 0 Å². The van der Waals surface area contributed by atoms with Gasteiger partial charge < -0.3 is 15.3 Å². The van der Waals surface area contributed by atoms with Crippen LogP contribution >= 0.6 is 11.6 Å². The number of likely N-dealkylation sites (tertiary alicyclic amines) is 1. The molecule has 1 fully saturated rings. The number of nitrogens with zero attached hydrogens (tertiary/aromatic N) is 1. The highest BCUT2D eigenvalue weighted by Gasteiger charge is 2.45. The van der Waals surface area contributed by atoms with E-state index in [2.05, 4.69) is 12.2 Å². The molecule has 7 heteroatoms. The Morgan fingerprint density at radius 3 is 2.54 bits per heavy atom. The van der Waals surface area contributed by atoms with Crippen LogP contribution in [0.2, 0.25) is 5.02 Å². The molecule has 0 saturated carbocycles. The summed E-state index contributed by atoms with van der Waals surface area (Å²) in [6.07, 6.45) is 2.82. The van der Waals surface area contributed by atoms with Crippen molar-refractivity contribution in [3.05, 3.63) is 34.9 Å². The summed E-state index contributed by atoms with van der Waals surface area (Å²) in [7, 11) is 0. The Balaban J connectivity index is 2.07. The number of carboxylic acid groups (broad SMARTS) is 1. The number of rotatable bonds is 7. The van der Waals surface area contributed by atoms with Crippen LogP contribution in [0.15, 0.2) is 24.3 Å². The van der Waals surface area contributed by atoms with E-state index in [1.54, 1.807) is 12.1 Å². The van der Waals surface area contributed by atoms with Crippen LogP contribution < -0.4 is 5.32 Å². The number of nitrogens with one attached hydrogen (secondary N) is 1. The van der Waals surface area contributed by atoms with Gasteiger partial charge in [-0.25, -0.2) is 0 Å². The minimum absolute atomic E-state index is 0.128. The maximum Gasteiger partial charge on any atom is 0.310 e. The summed E-state index contributed by atoms with van der Waals surface area (Å²) in [5, 5.41) is 12.4. The lowest BCUT2D eigenvalue weighted by molar-refractivity contribution is -0.142. The Morgan fingerprint density at radius 1 is 1.29 bits per heavy atom. The van der Waals surface area contributed by atoms with Crippen molar-refractivity contribution in [2.45, 2.75) is 32.2 Å². The molecule has 0 aliphatic carbocycles. The minimum Gasteiger partial charge on any atom is -0.481 e. The number of halogens is 1. The van der Waals surface area contributed by atoms with Crippen LogP contribution in [0.4, 0.5) is 0 Å². The second kappa shape index (κ2) is 8.15. The lowest BCUT2D eigenvalue weighted by Crippen LogP contribution is -2.46. The number of aliphatic carboxylic acids is 1. The Labute approximate surface area is 145 Å². The highest BCUT2D eigenvalue weighted by molar-refractivity contribution is 6.30. The van der Waals surface area contributed by atoms with Crippen molar-refractivity contribution in [3.63, 3.8) is 0 Å². The summed E-state index contributed by atoms with van der Waals surface area (Å²) in [6, 6.07) is 5.17. The first-order chi connectivity index (χ1) is 11.4. The van der Waals surface area contributed by atoms with Crippen LogP contribution in [-0.4, -0.2) is 46.9 Å². The molecule has 0 radical (unpaired) electrons. The zero-order valence-corrected chi connectivity index (χ0v) is 14.3. The van der Waals surface area contributed by atoms with E-state index in [9.17, 15) is 19.5 Å². The van der Waals surface area contributed by atoms with Crippen LogP contribution in [0.1, 0.15) is 36.5 Å². The molecule has 0 aromatic heterocycles. The molecular weight excluding hydrogens is 332 g/mol. The summed E-state index contributed by atoms with van der Waals surface area (Å²) in [5.41, 5.74) is 0.334. The quantitative estimate of drug-likeness (QED) is 0.736. The van der Waals surface area contributed by atoms with Gasteiger partial charge in [0.25, 0.3) is 5.91 Å². The summed E-state index contributed by atoms with van der Waals surface area (Å²) in [5.74, 6) is -2.83. The first kappa shape index (κ1) is 18.3. The van der Waals surface area contributed by atoms with Gasteiger partial charge in [-0.15, -0.1) is 0 Å². The van der Waals surface area contributed by atoms with Crippen molar-refractivity contribution in [1.29, 1.82) is 0 Å². The van der Waals surface area contributed by atoms with Gasteiger partial charge in [-0.05, 0) is 30.7 Å². The minimum atomic E-state index is -1.08. The van der Waals surface area contributed by atoms with E-state index in [4.69, 9.17) is 11.6 Å². The number of hydrogen-bond acceptors (Lipinski definition) is 3. The van der Waals surface area contributed by atoms with Gasteiger partial charge in [-0.3, -0.25) is 14.4 Å². The fourth-order valence-corrected chi connectivity index (χ4v) is 2.89. The van der Waals surface area contributed by atoms with Gasteiger partial charge in [-0.1, -0.05) is 31.4 Å². The van der Waals surface area contributed by atoms with E-state index < -0.39 is 23.8 Å². The zero-order chi connectivity index (χ0) is 17.7. The van der Waals surface area contributed by atoms with E-state index in [0.717, 1.165) is 19.3 Å². The molecule has 2 amide bonds. The SMILES string of the molecule is CCCCCN1C[C@H](C(=O)O)[C@H](NC(=O)c2ccc(Cl)cc2)C1=O. The largest absolute Gasteiger partial charge is 0.481 e. The van der Waals surface area contributed by atoms with E-state index in [1.165, 1.54) is 17.0 Å². The predicted molar refractivity (Wildman–Crippen MR) is 89.9 cm³/mol. The van der Waals surface area contributed by atoms with E-state index in [1.807, 2.05) is 0 Å². The van der Waals surface area contributed by atoms with Crippen molar-refractivity contribution < 1.29 is 19.5 Å². The molecule has 2 rings (SSSR count). The predicted octanol–water partition coefficient (Wildman–Crippen LogP) is 2.17. The third-order valence-corrected chi connectivity index (χ3v) is 4.39. The molecule has 0 spiro atoms. The van der Waals surface area contributed by atoms with E-state index in [-0.39, 0.29) is 12.5 Å². The number of carbonyl (C=O) groups excluding carboxylic acids is 2. The molecule has 6 nitrogen and oxygen atoms in total. The zero-order valence-electron chi connectivity index (χ0n) is 13.5. The van der Waals surface area contributed by atoms with Gasteiger partial charge in [0.1, 0.15) is 12.0 Å². The number of benzene rings is 1. The normalized spacial score (nSPS) is 20.2. The molecule has 130 valence electrons. The van der Waals surface area contributed by atoms with Crippen molar-refractivity contribution >= 4 is 29.4 Å². The van der Waals surface area contributed by atoms with Crippen LogP contribution in [0.25, 0.3) is 0 Å². The standard InChI is InChI=1S/C17H21ClN2O4/c1-2-3-4-9-20-10-13(17(23)24)14(16(20)22)19-15(21)11-5-7-12(18)8-6-11/h5-8,13-14H,2-4,9-10H2,1H3,(H,19,21)(H,23,24)/t13-,14-/m0/s1. The van der Waals surface area contributed by atoms with Gasteiger partial charge in [0.15, 0.2) is 0 Å². The highest BCUT2D eigenvalue weighted by Crippen LogP contribution is 2.20. The fraction of sp³-hybridized carbons (Fsp3) is 0.471. The molecule has 0 unspecified atom stereocenters. The Kier molecular flexibility index (Phi) is 6.20. The van der Waals surface area contributed by atoms with Gasteiger partial charge in [0.05, 0.1) is 0 Å². The molecule has 1 heterocycles. The third kappa shape index (κ3) is 4.26. The summed E-state index contributed by atoms with van der Waals surface area (Å²) < 4.78 is 0. The molecule has 1 saturated heterocycles. The van der Waals surface area contributed by atoms with Gasteiger partial charge in [-0.2, -0.15) is 0 Å². The van der Waals surface area contributed by atoms with Crippen molar-refractivity contribution in [1.82, 2.24) is 10.2 Å².